The van der Waals surface area contributed by atoms with Crippen LogP contribution in [-0.4, -0.2) is 41.0 Å². The number of nitrogens with one attached hydrogen (secondary N) is 2. The van der Waals surface area contributed by atoms with Gasteiger partial charge in [0.15, 0.2) is 0 Å². The first-order valence-corrected chi connectivity index (χ1v) is 6.72. The van der Waals surface area contributed by atoms with Gasteiger partial charge in [-0.3, -0.25) is 4.90 Å². The van der Waals surface area contributed by atoms with E-state index >= 15 is 0 Å². The molecule has 18 heavy (non-hydrogen) atoms. The number of aromatic nitrogens is 2. The standard InChI is InChI=1S/C13H17ClN4/c1-9(18-6-4-15-5-7-18)13-16-11-3-2-10(14)8-12(11)17-13/h2-3,8-9,15H,4-7H2,1H3,(H,16,17). The highest BCUT2D eigenvalue weighted by Crippen LogP contribution is 2.23. The van der Waals surface area contributed by atoms with E-state index in [-0.39, 0.29) is 0 Å². The second-order valence-corrected chi connectivity index (χ2v) is 5.18. The van der Waals surface area contributed by atoms with Crippen molar-refractivity contribution >= 4 is 22.6 Å². The zero-order valence-corrected chi connectivity index (χ0v) is 11.2. The van der Waals surface area contributed by atoms with Crippen LogP contribution in [-0.2, 0) is 0 Å². The molecule has 4 nitrogen and oxygen atoms in total. The maximum absolute atomic E-state index is 5.99. The molecule has 2 heterocycles. The van der Waals surface area contributed by atoms with Gasteiger partial charge in [0.05, 0.1) is 17.1 Å². The van der Waals surface area contributed by atoms with Crippen molar-refractivity contribution in [1.29, 1.82) is 0 Å². The molecule has 0 spiro atoms. The van der Waals surface area contributed by atoms with E-state index in [1.54, 1.807) is 0 Å². The number of nitrogens with zero attached hydrogens (tertiary/aromatic N) is 2. The van der Waals surface area contributed by atoms with Gasteiger partial charge in [-0.15, -0.1) is 0 Å². The molecule has 0 radical (unpaired) electrons. The molecule has 96 valence electrons. The zero-order chi connectivity index (χ0) is 12.5. The Balaban J connectivity index is 1.88. The second-order valence-electron chi connectivity index (χ2n) is 4.75. The number of fused-ring (bicyclic) bond motifs is 1. The van der Waals surface area contributed by atoms with Crippen molar-refractivity contribution in [2.75, 3.05) is 26.2 Å². The molecule has 3 rings (SSSR count). The smallest absolute Gasteiger partial charge is 0.124 e. The molecule has 1 fully saturated rings. The van der Waals surface area contributed by atoms with E-state index in [0.29, 0.717) is 6.04 Å². The first-order valence-electron chi connectivity index (χ1n) is 6.34. The van der Waals surface area contributed by atoms with Gasteiger partial charge in [0.25, 0.3) is 0 Å². The number of hydrogen-bond acceptors (Lipinski definition) is 3. The normalized spacial score (nSPS) is 19.2. The minimum atomic E-state index is 0.318. The molecule has 1 aromatic carbocycles. The van der Waals surface area contributed by atoms with Crippen LogP contribution >= 0.6 is 11.6 Å². The molecule has 1 saturated heterocycles. The largest absolute Gasteiger partial charge is 0.341 e. The van der Waals surface area contributed by atoms with Gasteiger partial charge in [0.2, 0.25) is 0 Å². The van der Waals surface area contributed by atoms with Gasteiger partial charge in [-0.05, 0) is 25.1 Å². The Kier molecular flexibility index (Phi) is 3.24. The van der Waals surface area contributed by atoms with E-state index < -0.39 is 0 Å². The van der Waals surface area contributed by atoms with Crippen molar-refractivity contribution in [3.63, 3.8) is 0 Å². The maximum Gasteiger partial charge on any atom is 0.124 e. The Morgan fingerprint density at radius 2 is 2.11 bits per heavy atom. The molecule has 1 atom stereocenters. The molecular formula is C13H17ClN4. The molecule has 5 heteroatoms. The average Bonchev–Trinajstić information content (AvgIpc) is 2.81. The van der Waals surface area contributed by atoms with Gasteiger partial charge in [-0.1, -0.05) is 11.6 Å². The van der Waals surface area contributed by atoms with Crippen molar-refractivity contribution in [3.8, 4) is 0 Å². The van der Waals surface area contributed by atoms with E-state index in [9.17, 15) is 0 Å². The van der Waals surface area contributed by atoms with Crippen LogP contribution in [0.4, 0.5) is 0 Å². The SMILES string of the molecule is CC(c1nc2ccc(Cl)cc2[nH]1)N1CCNCC1. The summed E-state index contributed by atoms with van der Waals surface area (Å²) in [7, 11) is 0. The molecule has 1 aliphatic heterocycles. The zero-order valence-electron chi connectivity index (χ0n) is 10.4. The van der Waals surface area contributed by atoms with E-state index in [1.807, 2.05) is 18.2 Å². The average molecular weight is 265 g/mol. The van der Waals surface area contributed by atoms with Gasteiger partial charge in [-0.2, -0.15) is 0 Å². The van der Waals surface area contributed by atoms with Crippen molar-refractivity contribution in [1.82, 2.24) is 20.2 Å². The quantitative estimate of drug-likeness (QED) is 0.874. The molecule has 1 aromatic heterocycles. The lowest BCUT2D eigenvalue weighted by molar-refractivity contribution is 0.180. The summed E-state index contributed by atoms with van der Waals surface area (Å²) in [5.74, 6) is 1.02. The highest BCUT2D eigenvalue weighted by Gasteiger charge is 2.20. The predicted molar refractivity (Wildman–Crippen MR) is 74.0 cm³/mol. The van der Waals surface area contributed by atoms with Gasteiger partial charge >= 0.3 is 0 Å². The first-order chi connectivity index (χ1) is 8.74. The second kappa shape index (κ2) is 4.88. The van der Waals surface area contributed by atoms with Crippen molar-refractivity contribution < 1.29 is 0 Å². The number of benzene rings is 1. The van der Waals surface area contributed by atoms with Crippen LogP contribution in [0.5, 0.6) is 0 Å². The fourth-order valence-electron chi connectivity index (χ4n) is 2.44. The Bertz CT molecular complexity index is 545. The lowest BCUT2D eigenvalue weighted by Crippen LogP contribution is -2.44. The number of rotatable bonds is 2. The minimum Gasteiger partial charge on any atom is -0.341 e. The summed E-state index contributed by atoms with van der Waals surface area (Å²) in [6.07, 6.45) is 0. The number of aromatic amines is 1. The third-order valence-electron chi connectivity index (χ3n) is 3.56. The Morgan fingerprint density at radius 3 is 2.89 bits per heavy atom. The summed E-state index contributed by atoms with van der Waals surface area (Å²) < 4.78 is 0. The molecule has 1 aliphatic rings. The molecule has 0 amide bonds. The highest BCUT2D eigenvalue weighted by molar-refractivity contribution is 6.31. The Hall–Kier alpha value is -1.10. The molecule has 2 N–H and O–H groups in total. The topological polar surface area (TPSA) is 44.0 Å². The summed E-state index contributed by atoms with van der Waals surface area (Å²) in [5.41, 5.74) is 2.00. The van der Waals surface area contributed by atoms with Crippen LogP contribution in [0.1, 0.15) is 18.8 Å². The third kappa shape index (κ3) is 2.23. The summed E-state index contributed by atoms with van der Waals surface area (Å²) in [6, 6.07) is 6.09. The van der Waals surface area contributed by atoms with Crippen LogP contribution in [0.15, 0.2) is 18.2 Å². The van der Waals surface area contributed by atoms with Crippen LogP contribution in [0.2, 0.25) is 5.02 Å². The number of imidazole rings is 1. The summed E-state index contributed by atoms with van der Waals surface area (Å²) in [6.45, 7) is 6.44. The summed E-state index contributed by atoms with van der Waals surface area (Å²) in [5, 5.41) is 4.11. The molecule has 1 unspecified atom stereocenters. The monoisotopic (exact) mass is 264 g/mol. The van der Waals surface area contributed by atoms with Gasteiger partial charge in [-0.25, -0.2) is 4.98 Å². The number of piperazine rings is 1. The first kappa shape index (κ1) is 12.0. The lowest BCUT2D eigenvalue weighted by Gasteiger charge is -2.31. The fraction of sp³-hybridized carbons (Fsp3) is 0.462. The number of hydrogen-bond donors (Lipinski definition) is 2. The lowest BCUT2D eigenvalue weighted by atomic mass is 10.2. The minimum absolute atomic E-state index is 0.318. The molecular weight excluding hydrogens is 248 g/mol. The number of halogens is 1. The third-order valence-corrected chi connectivity index (χ3v) is 3.79. The van der Waals surface area contributed by atoms with Crippen molar-refractivity contribution in [2.45, 2.75) is 13.0 Å². The van der Waals surface area contributed by atoms with E-state index in [4.69, 9.17) is 11.6 Å². The molecule has 0 aliphatic carbocycles. The van der Waals surface area contributed by atoms with Gasteiger partial charge in [0, 0.05) is 31.2 Å². The van der Waals surface area contributed by atoms with Crippen LogP contribution in [0, 0.1) is 0 Å². The van der Waals surface area contributed by atoms with E-state index in [2.05, 4.69) is 27.1 Å². The van der Waals surface area contributed by atoms with Gasteiger partial charge < -0.3 is 10.3 Å². The number of H-pyrrole nitrogens is 1. The van der Waals surface area contributed by atoms with Gasteiger partial charge in [0.1, 0.15) is 5.82 Å². The van der Waals surface area contributed by atoms with E-state index in [1.165, 1.54) is 0 Å². The fourth-order valence-corrected chi connectivity index (χ4v) is 2.61. The maximum atomic E-state index is 5.99. The summed E-state index contributed by atoms with van der Waals surface area (Å²) in [4.78, 5) is 10.5. The van der Waals surface area contributed by atoms with Crippen LogP contribution in [0.25, 0.3) is 11.0 Å². The van der Waals surface area contributed by atoms with Crippen LogP contribution < -0.4 is 5.32 Å². The predicted octanol–water partition coefficient (Wildman–Crippen LogP) is 2.18. The van der Waals surface area contributed by atoms with Crippen LogP contribution in [0.3, 0.4) is 0 Å². The van der Waals surface area contributed by atoms with Crippen molar-refractivity contribution in [3.05, 3.63) is 29.0 Å². The Morgan fingerprint density at radius 1 is 1.33 bits per heavy atom. The van der Waals surface area contributed by atoms with Crippen molar-refractivity contribution in [2.24, 2.45) is 0 Å². The van der Waals surface area contributed by atoms with E-state index in [0.717, 1.165) is 48.1 Å². The molecule has 0 saturated carbocycles. The summed E-state index contributed by atoms with van der Waals surface area (Å²) >= 11 is 5.99. The molecule has 0 bridgehead atoms. The molecule has 2 aromatic rings. The Labute approximate surface area is 111 Å². The highest BCUT2D eigenvalue weighted by atomic mass is 35.5.